The van der Waals surface area contributed by atoms with Crippen molar-refractivity contribution >= 4 is 22.5 Å². The highest BCUT2D eigenvalue weighted by Crippen LogP contribution is 2.21. The van der Waals surface area contributed by atoms with Gasteiger partial charge in [-0.2, -0.15) is 0 Å². The first-order chi connectivity index (χ1) is 13.7. The third-order valence-electron chi connectivity index (χ3n) is 4.59. The maximum atomic E-state index is 12.5. The Bertz CT molecular complexity index is 1170. The third kappa shape index (κ3) is 3.83. The van der Waals surface area contributed by atoms with Crippen molar-refractivity contribution in [1.82, 2.24) is 9.55 Å². The zero-order chi connectivity index (χ0) is 19.3. The first-order valence-corrected chi connectivity index (χ1v) is 9.10. The predicted octanol–water partition coefficient (Wildman–Crippen LogP) is 4.09. The lowest BCUT2D eigenvalue weighted by atomic mass is 10.1. The van der Waals surface area contributed by atoms with Crippen molar-refractivity contribution in [2.24, 2.45) is 0 Å². The van der Waals surface area contributed by atoms with Gasteiger partial charge >= 0.3 is 0 Å². The van der Waals surface area contributed by atoms with E-state index in [0.29, 0.717) is 10.9 Å². The van der Waals surface area contributed by atoms with Gasteiger partial charge in [0.2, 0.25) is 5.91 Å². The zero-order valence-electron chi connectivity index (χ0n) is 15.2. The van der Waals surface area contributed by atoms with Crippen molar-refractivity contribution < 1.29 is 4.79 Å². The lowest BCUT2D eigenvalue weighted by Crippen LogP contribution is -2.23. The minimum absolute atomic E-state index is 0.134. The quantitative estimate of drug-likeness (QED) is 0.576. The molecule has 1 amide bonds. The van der Waals surface area contributed by atoms with Gasteiger partial charge in [-0.05, 0) is 35.4 Å². The molecule has 0 spiro atoms. The molecule has 138 valence electrons. The molecule has 1 heterocycles. The Morgan fingerprint density at radius 1 is 0.857 bits per heavy atom. The van der Waals surface area contributed by atoms with E-state index in [-0.39, 0.29) is 24.4 Å². The van der Waals surface area contributed by atoms with E-state index in [1.807, 2.05) is 66.7 Å². The minimum atomic E-state index is -0.146. The molecular formula is C23H19N3O2. The lowest BCUT2D eigenvalue weighted by Gasteiger charge is -2.08. The first-order valence-electron chi connectivity index (χ1n) is 9.10. The highest BCUT2D eigenvalue weighted by atomic mass is 16.1. The number of hydrogen-bond acceptors (Lipinski definition) is 3. The molecule has 0 aliphatic carbocycles. The van der Waals surface area contributed by atoms with E-state index in [9.17, 15) is 9.59 Å². The average Bonchev–Trinajstić information content (AvgIpc) is 2.75. The molecule has 0 unspecified atom stereocenters. The Morgan fingerprint density at radius 2 is 1.54 bits per heavy atom. The maximum Gasteiger partial charge on any atom is 0.261 e. The topological polar surface area (TPSA) is 64.0 Å². The molecule has 5 heteroatoms. The number of benzene rings is 3. The molecule has 4 aromatic rings. The van der Waals surface area contributed by atoms with Crippen LogP contribution in [0.5, 0.6) is 0 Å². The normalized spacial score (nSPS) is 10.7. The van der Waals surface area contributed by atoms with Gasteiger partial charge in [0.15, 0.2) is 0 Å². The summed E-state index contributed by atoms with van der Waals surface area (Å²) in [5, 5.41) is 3.43. The third-order valence-corrected chi connectivity index (χ3v) is 4.59. The Hall–Kier alpha value is -3.73. The van der Waals surface area contributed by atoms with Gasteiger partial charge in [-0.1, -0.05) is 54.6 Å². The van der Waals surface area contributed by atoms with Crippen LogP contribution >= 0.6 is 0 Å². The van der Waals surface area contributed by atoms with Crippen LogP contribution in [0.1, 0.15) is 6.42 Å². The number of rotatable bonds is 5. The summed E-state index contributed by atoms with van der Waals surface area (Å²) in [6.07, 6.45) is 1.69. The number of para-hydroxylation sites is 1. The Morgan fingerprint density at radius 3 is 2.32 bits per heavy atom. The van der Waals surface area contributed by atoms with Crippen LogP contribution in [0, 0.1) is 0 Å². The fourth-order valence-electron chi connectivity index (χ4n) is 3.09. The summed E-state index contributed by atoms with van der Waals surface area (Å²) in [5.74, 6) is -0.146. The molecule has 28 heavy (non-hydrogen) atoms. The van der Waals surface area contributed by atoms with Gasteiger partial charge < -0.3 is 5.32 Å². The highest BCUT2D eigenvalue weighted by Gasteiger charge is 2.07. The number of anilines is 1. The Balaban J connectivity index is 1.40. The Kier molecular flexibility index (Phi) is 4.97. The summed E-state index contributed by atoms with van der Waals surface area (Å²) >= 11 is 0. The van der Waals surface area contributed by atoms with Gasteiger partial charge in [0.1, 0.15) is 0 Å². The lowest BCUT2D eigenvalue weighted by molar-refractivity contribution is -0.116. The molecule has 0 saturated heterocycles. The van der Waals surface area contributed by atoms with Crippen LogP contribution in [0.25, 0.3) is 22.0 Å². The number of aromatic nitrogens is 2. The molecule has 0 radical (unpaired) electrons. The number of amides is 1. The molecule has 5 nitrogen and oxygen atoms in total. The molecule has 0 aliphatic heterocycles. The molecular weight excluding hydrogens is 350 g/mol. The van der Waals surface area contributed by atoms with Crippen LogP contribution in [0.4, 0.5) is 5.69 Å². The second-order valence-corrected chi connectivity index (χ2v) is 6.50. The largest absolute Gasteiger partial charge is 0.326 e. The molecule has 1 N–H and O–H groups in total. The van der Waals surface area contributed by atoms with E-state index >= 15 is 0 Å². The number of carbonyl (C=O) groups is 1. The van der Waals surface area contributed by atoms with Gasteiger partial charge in [-0.3, -0.25) is 14.2 Å². The first kappa shape index (κ1) is 17.7. The van der Waals surface area contributed by atoms with Crippen molar-refractivity contribution in [1.29, 1.82) is 0 Å². The van der Waals surface area contributed by atoms with Crippen LogP contribution in [-0.4, -0.2) is 15.5 Å². The van der Waals surface area contributed by atoms with Gasteiger partial charge in [-0.15, -0.1) is 0 Å². The van der Waals surface area contributed by atoms with Crippen molar-refractivity contribution in [3.63, 3.8) is 0 Å². The van der Waals surface area contributed by atoms with E-state index in [1.165, 1.54) is 10.9 Å². The van der Waals surface area contributed by atoms with Gasteiger partial charge in [0.25, 0.3) is 5.56 Å². The molecule has 1 aromatic heterocycles. The van der Waals surface area contributed by atoms with Gasteiger partial charge in [0, 0.05) is 18.7 Å². The molecule has 3 aromatic carbocycles. The van der Waals surface area contributed by atoms with Crippen LogP contribution in [-0.2, 0) is 11.3 Å². The van der Waals surface area contributed by atoms with Gasteiger partial charge in [-0.25, -0.2) is 4.98 Å². The summed E-state index contributed by atoms with van der Waals surface area (Å²) in [7, 11) is 0. The summed E-state index contributed by atoms with van der Waals surface area (Å²) < 4.78 is 1.47. The number of aryl methyl sites for hydroxylation is 1. The minimum Gasteiger partial charge on any atom is -0.326 e. The number of nitrogens with one attached hydrogen (secondary N) is 1. The second-order valence-electron chi connectivity index (χ2n) is 6.50. The molecule has 0 bridgehead atoms. The summed E-state index contributed by atoms with van der Waals surface area (Å²) in [6, 6.07) is 25.0. The number of hydrogen-bond donors (Lipinski definition) is 1. The molecule has 0 saturated carbocycles. The van der Waals surface area contributed by atoms with Crippen molar-refractivity contribution in [2.45, 2.75) is 13.0 Å². The summed E-state index contributed by atoms with van der Waals surface area (Å²) in [4.78, 5) is 29.0. The van der Waals surface area contributed by atoms with Crippen molar-refractivity contribution in [2.75, 3.05) is 5.32 Å². The highest BCUT2D eigenvalue weighted by molar-refractivity contribution is 5.91. The van der Waals surface area contributed by atoms with E-state index < -0.39 is 0 Å². The van der Waals surface area contributed by atoms with Gasteiger partial charge in [0.05, 0.1) is 17.2 Å². The molecule has 0 atom stereocenters. The van der Waals surface area contributed by atoms with Crippen molar-refractivity contribution in [3.8, 4) is 11.1 Å². The fraction of sp³-hybridized carbons (Fsp3) is 0.0870. The van der Waals surface area contributed by atoms with E-state index in [0.717, 1.165) is 16.8 Å². The van der Waals surface area contributed by atoms with E-state index in [4.69, 9.17) is 0 Å². The summed E-state index contributed by atoms with van der Waals surface area (Å²) in [5.41, 5.74) is 3.47. The SMILES string of the molecule is O=C(CCn1cnc2ccccc2c1=O)Nc1ccc(-c2ccccc2)cc1. The smallest absolute Gasteiger partial charge is 0.261 e. The number of nitrogens with zero attached hydrogens (tertiary/aromatic N) is 2. The molecule has 0 aliphatic rings. The standard InChI is InChI=1S/C23H19N3O2/c27-22(14-15-26-16-24-21-9-5-4-8-20(21)23(26)28)25-19-12-10-18(11-13-19)17-6-2-1-3-7-17/h1-13,16H,14-15H2,(H,25,27). The predicted molar refractivity (Wildman–Crippen MR) is 111 cm³/mol. The Labute approximate surface area is 162 Å². The average molecular weight is 369 g/mol. The van der Waals surface area contributed by atoms with Crippen molar-refractivity contribution in [3.05, 3.63) is 95.5 Å². The number of fused-ring (bicyclic) bond motifs is 1. The summed E-state index contributed by atoms with van der Waals surface area (Å²) in [6.45, 7) is 0.282. The van der Waals surface area contributed by atoms with Crippen LogP contribution < -0.4 is 10.9 Å². The fourth-order valence-corrected chi connectivity index (χ4v) is 3.09. The molecule has 0 fully saturated rings. The van der Waals surface area contributed by atoms with Crippen LogP contribution in [0.3, 0.4) is 0 Å². The van der Waals surface area contributed by atoms with Crippen LogP contribution in [0.15, 0.2) is 90.0 Å². The van der Waals surface area contributed by atoms with E-state index in [2.05, 4.69) is 10.3 Å². The van der Waals surface area contributed by atoms with Crippen LogP contribution in [0.2, 0.25) is 0 Å². The number of carbonyl (C=O) groups excluding carboxylic acids is 1. The zero-order valence-corrected chi connectivity index (χ0v) is 15.2. The second kappa shape index (κ2) is 7.88. The van der Waals surface area contributed by atoms with E-state index in [1.54, 1.807) is 12.1 Å². The maximum absolute atomic E-state index is 12.5. The monoisotopic (exact) mass is 369 g/mol. The molecule has 4 rings (SSSR count).